The van der Waals surface area contributed by atoms with Gasteiger partial charge in [-0.05, 0) is 71.4 Å². The predicted octanol–water partition coefficient (Wildman–Crippen LogP) is 5.46. The van der Waals surface area contributed by atoms with Crippen LogP contribution in [0.4, 0.5) is 0 Å². The van der Waals surface area contributed by atoms with Gasteiger partial charge in [-0.2, -0.15) is 5.10 Å². The number of nitrogens with one attached hydrogen (secondary N) is 1. The quantitative estimate of drug-likeness (QED) is 0.396. The highest BCUT2D eigenvalue weighted by Gasteiger charge is 2.11. The molecular weight excluding hydrogens is 446 g/mol. The van der Waals surface area contributed by atoms with Crippen molar-refractivity contribution in [2.24, 2.45) is 0 Å². The van der Waals surface area contributed by atoms with Gasteiger partial charge in [0.2, 0.25) is 0 Å². The van der Waals surface area contributed by atoms with Crippen molar-refractivity contribution in [2.75, 3.05) is 6.54 Å². The monoisotopic (exact) mass is 473 g/mol. The van der Waals surface area contributed by atoms with Gasteiger partial charge < -0.3 is 14.5 Å². The molecule has 3 aromatic rings. The number of aromatic nitrogens is 2. The molecule has 0 aliphatic heterocycles. The Morgan fingerprint density at radius 2 is 2.03 bits per heavy atom. The van der Waals surface area contributed by atoms with Crippen molar-refractivity contribution in [3.63, 3.8) is 0 Å². The van der Waals surface area contributed by atoms with Gasteiger partial charge in [0, 0.05) is 19.3 Å². The number of benzene rings is 1. The van der Waals surface area contributed by atoms with E-state index in [1.54, 1.807) is 12.1 Å². The summed E-state index contributed by atoms with van der Waals surface area (Å²) in [6.07, 6.45) is 3.83. The first kappa shape index (κ1) is 22.2. The van der Waals surface area contributed by atoms with Crippen LogP contribution in [0, 0.1) is 6.92 Å². The van der Waals surface area contributed by atoms with Gasteiger partial charge in [0.1, 0.15) is 18.1 Å². The maximum atomic E-state index is 12.3. The summed E-state index contributed by atoms with van der Waals surface area (Å²) in [6.45, 7) is 7.90. The Balaban J connectivity index is 1.42. The van der Waals surface area contributed by atoms with Crippen molar-refractivity contribution in [1.29, 1.82) is 0 Å². The molecule has 160 valence electrons. The summed E-state index contributed by atoms with van der Waals surface area (Å²) in [6, 6.07) is 11.6. The molecule has 1 aromatic carbocycles. The van der Waals surface area contributed by atoms with E-state index < -0.39 is 0 Å². The lowest BCUT2D eigenvalue weighted by molar-refractivity contribution is 0.0920. The van der Waals surface area contributed by atoms with Crippen molar-refractivity contribution < 1.29 is 13.9 Å². The van der Waals surface area contributed by atoms with Crippen LogP contribution >= 0.6 is 15.9 Å². The number of aryl methyl sites for hydroxylation is 2. The molecule has 1 N–H and O–H groups in total. The van der Waals surface area contributed by atoms with E-state index in [2.05, 4.69) is 52.3 Å². The molecule has 0 radical (unpaired) electrons. The Morgan fingerprint density at radius 3 is 2.70 bits per heavy atom. The number of amides is 1. The van der Waals surface area contributed by atoms with Gasteiger partial charge in [-0.15, -0.1) is 0 Å². The van der Waals surface area contributed by atoms with E-state index in [0.29, 0.717) is 24.0 Å². The summed E-state index contributed by atoms with van der Waals surface area (Å²) in [7, 11) is 0. The maximum absolute atomic E-state index is 12.3. The minimum atomic E-state index is -0.225. The zero-order valence-corrected chi connectivity index (χ0v) is 19.2. The van der Waals surface area contributed by atoms with E-state index in [1.165, 1.54) is 5.56 Å². The number of nitrogens with zero attached hydrogens (tertiary/aromatic N) is 2. The third-order valence-corrected chi connectivity index (χ3v) is 5.84. The molecule has 0 saturated heterocycles. The van der Waals surface area contributed by atoms with Gasteiger partial charge >= 0.3 is 0 Å². The SMILES string of the molecule is CCC(C)c1ccc(OCc2ccc(C(=O)NCCCn3cc(Br)c(C)n3)o2)cc1. The lowest BCUT2D eigenvalue weighted by atomic mass is 9.99. The van der Waals surface area contributed by atoms with E-state index in [1.807, 2.05) is 29.9 Å². The van der Waals surface area contributed by atoms with Crippen molar-refractivity contribution >= 4 is 21.8 Å². The zero-order chi connectivity index (χ0) is 21.5. The van der Waals surface area contributed by atoms with Crippen LogP contribution in [0.3, 0.4) is 0 Å². The highest BCUT2D eigenvalue weighted by molar-refractivity contribution is 9.10. The van der Waals surface area contributed by atoms with Gasteiger partial charge in [0.25, 0.3) is 5.91 Å². The number of halogens is 1. The van der Waals surface area contributed by atoms with Crippen LogP contribution in [0.2, 0.25) is 0 Å². The molecule has 1 atom stereocenters. The first-order chi connectivity index (χ1) is 14.5. The van der Waals surface area contributed by atoms with Crippen LogP contribution in [0.15, 0.2) is 51.5 Å². The zero-order valence-electron chi connectivity index (χ0n) is 17.7. The van der Waals surface area contributed by atoms with E-state index in [0.717, 1.165) is 35.3 Å². The second-order valence-electron chi connectivity index (χ2n) is 7.37. The van der Waals surface area contributed by atoms with Crippen LogP contribution in [0.1, 0.15) is 60.2 Å². The second-order valence-corrected chi connectivity index (χ2v) is 8.22. The number of carbonyl (C=O) groups excluding carboxylic acids is 1. The summed E-state index contributed by atoms with van der Waals surface area (Å²) < 4.78 is 14.2. The van der Waals surface area contributed by atoms with Gasteiger partial charge in [0.05, 0.1) is 10.2 Å². The molecule has 7 heteroatoms. The first-order valence-electron chi connectivity index (χ1n) is 10.3. The number of rotatable bonds is 10. The maximum Gasteiger partial charge on any atom is 0.286 e. The van der Waals surface area contributed by atoms with E-state index >= 15 is 0 Å². The van der Waals surface area contributed by atoms with Crippen LogP contribution in [0.25, 0.3) is 0 Å². The fourth-order valence-electron chi connectivity index (χ4n) is 3.00. The number of furan rings is 1. The molecule has 0 fully saturated rings. The van der Waals surface area contributed by atoms with E-state index in [-0.39, 0.29) is 12.5 Å². The number of ether oxygens (including phenoxy) is 1. The van der Waals surface area contributed by atoms with Crippen molar-refractivity contribution in [3.05, 3.63) is 69.8 Å². The number of hydrogen-bond donors (Lipinski definition) is 1. The molecular formula is C23H28BrN3O3. The Kier molecular flexibility index (Phi) is 7.74. The molecule has 30 heavy (non-hydrogen) atoms. The lowest BCUT2D eigenvalue weighted by Crippen LogP contribution is -2.24. The van der Waals surface area contributed by atoms with Crippen LogP contribution in [0.5, 0.6) is 5.75 Å². The van der Waals surface area contributed by atoms with Gasteiger partial charge in [-0.3, -0.25) is 9.48 Å². The minimum Gasteiger partial charge on any atom is -0.486 e. The fourth-order valence-corrected chi connectivity index (χ4v) is 3.31. The van der Waals surface area contributed by atoms with Gasteiger partial charge in [0.15, 0.2) is 5.76 Å². The normalized spacial score (nSPS) is 12.0. The summed E-state index contributed by atoms with van der Waals surface area (Å²) in [5.74, 6) is 2.00. The minimum absolute atomic E-state index is 0.225. The third kappa shape index (κ3) is 5.98. The number of hydrogen-bond acceptors (Lipinski definition) is 4. The van der Waals surface area contributed by atoms with Crippen molar-refractivity contribution in [1.82, 2.24) is 15.1 Å². The molecule has 6 nitrogen and oxygen atoms in total. The summed E-state index contributed by atoms with van der Waals surface area (Å²) in [4.78, 5) is 12.3. The predicted molar refractivity (Wildman–Crippen MR) is 120 cm³/mol. The van der Waals surface area contributed by atoms with Gasteiger partial charge in [-0.25, -0.2) is 0 Å². The topological polar surface area (TPSA) is 69.3 Å². The van der Waals surface area contributed by atoms with Crippen LogP contribution in [-0.4, -0.2) is 22.2 Å². The summed E-state index contributed by atoms with van der Waals surface area (Å²) >= 11 is 3.44. The van der Waals surface area contributed by atoms with Crippen LogP contribution < -0.4 is 10.1 Å². The third-order valence-electron chi connectivity index (χ3n) is 5.06. The molecule has 1 unspecified atom stereocenters. The molecule has 2 aromatic heterocycles. The highest BCUT2D eigenvalue weighted by Crippen LogP contribution is 2.22. The molecule has 0 aliphatic carbocycles. The summed E-state index contributed by atoms with van der Waals surface area (Å²) in [5, 5.41) is 7.25. The number of carbonyl (C=O) groups is 1. The molecule has 0 spiro atoms. The van der Waals surface area contributed by atoms with E-state index in [4.69, 9.17) is 9.15 Å². The Labute approximate surface area is 185 Å². The molecule has 0 aliphatic rings. The second kappa shape index (κ2) is 10.5. The van der Waals surface area contributed by atoms with Crippen molar-refractivity contribution in [2.45, 2.75) is 52.7 Å². The van der Waals surface area contributed by atoms with E-state index in [9.17, 15) is 4.79 Å². The summed E-state index contributed by atoms with van der Waals surface area (Å²) in [5.41, 5.74) is 2.26. The fraction of sp³-hybridized carbons (Fsp3) is 0.391. The smallest absolute Gasteiger partial charge is 0.286 e. The molecule has 0 saturated carbocycles. The Bertz CT molecular complexity index is 943. The lowest BCUT2D eigenvalue weighted by Gasteiger charge is -2.10. The molecule has 1 amide bonds. The molecule has 2 heterocycles. The first-order valence-corrected chi connectivity index (χ1v) is 11.0. The molecule has 0 bridgehead atoms. The largest absolute Gasteiger partial charge is 0.486 e. The van der Waals surface area contributed by atoms with Gasteiger partial charge in [-0.1, -0.05) is 26.0 Å². The highest BCUT2D eigenvalue weighted by atomic mass is 79.9. The Morgan fingerprint density at radius 1 is 1.27 bits per heavy atom. The average Bonchev–Trinajstić information content (AvgIpc) is 3.36. The average molecular weight is 474 g/mol. The molecule has 3 rings (SSSR count). The van der Waals surface area contributed by atoms with Crippen molar-refractivity contribution in [3.8, 4) is 5.75 Å². The van der Waals surface area contributed by atoms with Crippen LogP contribution in [-0.2, 0) is 13.2 Å². The standard InChI is InChI=1S/C23H28BrN3O3/c1-4-16(2)18-6-8-19(9-7-18)29-15-20-10-11-22(30-20)23(28)25-12-5-13-27-14-21(24)17(3)26-27/h6-11,14,16H,4-5,12-13,15H2,1-3H3,(H,25,28). The Hall–Kier alpha value is -2.54.